The van der Waals surface area contributed by atoms with Crippen LogP contribution in [0.2, 0.25) is 0 Å². The largest absolute Gasteiger partial charge is 0.496 e. The average molecular weight is 428 g/mol. The molecule has 0 aliphatic rings. The Morgan fingerprint density at radius 1 is 1.00 bits per heavy atom. The number of methoxy groups -OCH3 is 2. The molecule has 2 rings (SSSR count). The number of nitrogens with one attached hydrogen (secondary N) is 1. The lowest BCUT2D eigenvalue weighted by atomic mass is 10.0. The third-order valence-corrected chi connectivity index (χ3v) is 5.95. The van der Waals surface area contributed by atoms with Gasteiger partial charge in [0.25, 0.3) is 10.0 Å². The van der Waals surface area contributed by atoms with Gasteiger partial charge in [0, 0.05) is 6.07 Å². The molecule has 0 aliphatic carbocycles. The summed E-state index contributed by atoms with van der Waals surface area (Å²) in [5, 5.41) is 0. The second kappa shape index (κ2) is 8.10. The molecule has 25 heavy (non-hydrogen) atoms. The highest BCUT2D eigenvalue weighted by molar-refractivity contribution is 9.10. The highest BCUT2D eigenvalue weighted by Gasteiger charge is 2.24. The molecule has 0 aromatic heterocycles. The van der Waals surface area contributed by atoms with E-state index >= 15 is 0 Å². The fourth-order valence-electron chi connectivity index (χ4n) is 2.61. The number of hydrogen-bond acceptors (Lipinski definition) is 4. The molecule has 1 N–H and O–H groups in total. The van der Waals surface area contributed by atoms with Crippen LogP contribution in [0.1, 0.15) is 25.0 Å². The van der Waals surface area contributed by atoms with Crippen molar-refractivity contribution in [3.8, 4) is 11.5 Å². The Hall–Kier alpha value is -1.73. The van der Waals surface area contributed by atoms with Gasteiger partial charge < -0.3 is 9.47 Å². The zero-order valence-electron chi connectivity index (χ0n) is 14.7. The average Bonchev–Trinajstić information content (AvgIpc) is 2.61. The molecular weight excluding hydrogens is 406 g/mol. The number of halogens is 1. The lowest BCUT2D eigenvalue weighted by molar-refractivity contribution is 0.390. The molecule has 0 saturated carbocycles. The summed E-state index contributed by atoms with van der Waals surface area (Å²) in [6.07, 6.45) is 1.46. The second-order valence-corrected chi connectivity index (χ2v) is 7.91. The molecule has 7 heteroatoms. The summed E-state index contributed by atoms with van der Waals surface area (Å²) in [6.45, 7) is 3.99. The van der Waals surface area contributed by atoms with E-state index in [1.165, 1.54) is 20.3 Å². The third-order valence-electron chi connectivity index (χ3n) is 3.96. The maximum absolute atomic E-state index is 13.0. The van der Waals surface area contributed by atoms with Crippen molar-refractivity contribution in [2.45, 2.75) is 31.6 Å². The van der Waals surface area contributed by atoms with Crippen LogP contribution in [-0.2, 0) is 22.9 Å². The Bertz CT molecular complexity index is 843. The van der Waals surface area contributed by atoms with Crippen LogP contribution in [-0.4, -0.2) is 22.6 Å². The molecule has 2 aromatic rings. The maximum Gasteiger partial charge on any atom is 0.265 e. The summed E-state index contributed by atoms with van der Waals surface area (Å²) in [6, 6.07) is 8.83. The van der Waals surface area contributed by atoms with Crippen LogP contribution in [0.25, 0.3) is 0 Å². The smallest absolute Gasteiger partial charge is 0.265 e. The first kappa shape index (κ1) is 19.6. The van der Waals surface area contributed by atoms with Crippen molar-refractivity contribution < 1.29 is 17.9 Å². The molecule has 0 saturated heterocycles. The molecular formula is C18H22BrNO4S. The SMILES string of the molecule is CCc1cccc(CC)c1NS(=O)(=O)c1cc(OC)c(Br)cc1OC. The van der Waals surface area contributed by atoms with Gasteiger partial charge in [-0.1, -0.05) is 32.0 Å². The van der Waals surface area contributed by atoms with E-state index in [1.54, 1.807) is 6.07 Å². The van der Waals surface area contributed by atoms with Gasteiger partial charge in [0.1, 0.15) is 16.4 Å². The zero-order chi connectivity index (χ0) is 18.6. The summed E-state index contributed by atoms with van der Waals surface area (Å²) in [7, 11) is -0.927. The van der Waals surface area contributed by atoms with E-state index < -0.39 is 10.0 Å². The summed E-state index contributed by atoms with van der Waals surface area (Å²) in [4.78, 5) is 0.0306. The van der Waals surface area contributed by atoms with Crippen molar-refractivity contribution in [1.82, 2.24) is 0 Å². The maximum atomic E-state index is 13.0. The van der Waals surface area contributed by atoms with E-state index in [0.29, 0.717) is 15.9 Å². The lowest BCUT2D eigenvalue weighted by Gasteiger charge is -2.18. The van der Waals surface area contributed by atoms with Gasteiger partial charge in [-0.15, -0.1) is 0 Å². The minimum absolute atomic E-state index is 0.0306. The molecule has 0 amide bonds. The molecule has 0 unspecified atom stereocenters. The predicted octanol–water partition coefficient (Wildman–Crippen LogP) is 4.39. The van der Waals surface area contributed by atoms with Gasteiger partial charge >= 0.3 is 0 Å². The Morgan fingerprint density at radius 2 is 1.56 bits per heavy atom. The Balaban J connectivity index is 2.58. The van der Waals surface area contributed by atoms with Crippen LogP contribution in [0.3, 0.4) is 0 Å². The van der Waals surface area contributed by atoms with Gasteiger partial charge in [-0.05, 0) is 46.0 Å². The van der Waals surface area contributed by atoms with E-state index in [-0.39, 0.29) is 10.6 Å². The fraction of sp³-hybridized carbons (Fsp3) is 0.333. The van der Waals surface area contributed by atoms with Gasteiger partial charge in [0.05, 0.1) is 24.4 Å². The molecule has 136 valence electrons. The molecule has 0 aliphatic heterocycles. The van der Waals surface area contributed by atoms with Crippen molar-refractivity contribution in [2.24, 2.45) is 0 Å². The van der Waals surface area contributed by atoms with Gasteiger partial charge in [-0.2, -0.15) is 0 Å². The van der Waals surface area contributed by atoms with Crippen LogP contribution in [0.4, 0.5) is 5.69 Å². The Labute approximate surface area is 157 Å². The van der Waals surface area contributed by atoms with Gasteiger partial charge in [-0.3, -0.25) is 4.72 Å². The first-order valence-corrected chi connectivity index (χ1v) is 10.2. The van der Waals surface area contributed by atoms with Gasteiger partial charge in [0.15, 0.2) is 0 Å². The number of hydrogen-bond donors (Lipinski definition) is 1. The second-order valence-electron chi connectivity index (χ2n) is 5.40. The van der Waals surface area contributed by atoms with Crippen molar-refractivity contribution >= 4 is 31.6 Å². The van der Waals surface area contributed by atoms with E-state index in [4.69, 9.17) is 9.47 Å². The van der Waals surface area contributed by atoms with Crippen LogP contribution < -0.4 is 14.2 Å². The molecule has 0 spiro atoms. The number of ether oxygens (including phenoxy) is 2. The first-order valence-electron chi connectivity index (χ1n) is 7.93. The molecule has 0 atom stereocenters. The van der Waals surface area contributed by atoms with Crippen molar-refractivity contribution in [3.05, 3.63) is 45.9 Å². The number of para-hydroxylation sites is 1. The minimum atomic E-state index is -3.85. The summed E-state index contributed by atoms with van der Waals surface area (Å²) in [5.41, 5.74) is 2.54. The lowest BCUT2D eigenvalue weighted by Crippen LogP contribution is -2.17. The van der Waals surface area contributed by atoms with Crippen molar-refractivity contribution in [1.29, 1.82) is 0 Å². The van der Waals surface area contributed by atoms with Gasteiger partial charge in [-0.25, -0.2) is 8.42 Å². The standard InChI is InChI=1S/C18H22BrNO4S/c1-5-12-8-7-9-13(6-2)18(12)20-25(21,22)17-11-15(23-3)14(19)10-16(17)24-4/h7-11,20H,5-6H2,1-4H3. The Morgan fingerprint density at radius 3 is 2.04 bits per heavy atom. The molecule has 0 bridgehead atoms. The summed E-state index contributed by atoms with van der Waals surface area (Å²) in [5.74, 6) is 0.660. The van der Waals surface area contributed by atoms with E-state index in [2.05, 4.69) is 20.7 Å². The number of benzene rings is 2. The van der Waals surface area contributed by atoms with Crippen molar-refractivity contribution in [3.63, 3.8) is 0 Å². The van der Waals surface area contributed by atoms with Crippen LogP contribution in [0.15, 0.2) is 39.7 Å². The van der Waals surface area contributed by atoms with Crippen LogP contribution in [0, 0.1) is 0 Å². The van der Waals surface area contributed by atoms with E-state index in [0.717, 1.165) is 24.0 Å². The van der Waals surface area contributed by atoms with Gasteiger partial charge in [0.2, 0.25) is 0 Å². The van der Waals surface area contributed by atoms with Crippen LogP contribution in [0.5, 0.6) is 11.5 Å². The highest BCUT2D eigenvalue weighted by atomic mass is 79.9. The molecule has 0 fully saturated rings. The normalized spacial score (nSPS) is 11.2. The first-order chi connectivity index (χ1) is 11.9. The molecule has 0 radical (unpaired) electrons. The van der Waals surface area contributed by atoms with E-state index in [1.807, 2.05) is 32.0 Å². The number of rotatable bonds is 7. The quantitative estimate of drug-likeness (QED) is 0.711. The third kappa shape index (κ3) is 4.10. The summed E-state index contributed by atoms with van der Waals surface area (Å²) >= 11 is 3.34. The van der Waals surface area contributed by atoms with Crippen molar-refractivity contribution in [2.75, 3.05) is 18.9 Å². The molecule has 0 heterocycles. The molecule has 5 nitrogen and oxygen atoms in total. The fourth-order valence-corrected chi connectivity index (χ4v) is 4.40. The highest BCUT2D eigenvalue weighted by Crippen LogP contribution is 2.36. The summed E-state index contributed by atoms with van der Waals surface area (Å²) < 4.78 is 39.9. The Kier molecular flexibility index (Phi) is 6.35. The number of sulfonamides is 1. The zero-order valence-corrected chi connectivity index (χ0v) is 17.1. The molecule has 2 aromatic carbocycles. The predicted molar refractivity (Wildman–Crippen MR) is 103 cm³/mol. The van der Waals surface area contributed by atoms with E-state index in [9.17, 15) is 8.42 Å². The van der Waals surface area contributed by atoms with Crippen LogP contribution >= 0.6 is 15.9 Å². The topological polar surface area (TPSA) is 64.6 Å². The monoisotopic (exact) mass is 427 g/mol. The minimum Gasteiger partial charge on any atom is -0.496 e. The number of aryl methyl sites for hydroxylation is 2. The number of anilines is 1.